The fourth-order valence-corrected chi connectivity index (χ4v) is 6.78. The number of likely N-dealkylation sites (tertiary alicyclic amines) is 1. The first-order chi connectivity index (χ1) is 16.5. The number of fused-ring (bicyclic) bond motifs is 2. The summed E-state index contributed by atoms with van der Waals surface area (Å²) in [6, 6.07) is 10.3. The Labute approximate surface area is 205 Å². The number of amides is 1. The summed E-state index contributed by atoms with van der Waals surface area (Å²) in [6.45, 7) is 10.3. The number of nitrogens with zero attached hydrogens (tertiary/aromatic N) is 3. The third-order valence-corrected chi connectivity index (χ3v) is 8.65. The summed E-state index contributed by atoms with van der Waals surface area (Å²) >= 11 is 1.54. The van der Waals surface area contributed by atoms with Crippen LogP contribution < -0.4 is 5.32 Å². The second kappa shape index (κ2) is 9.29. The van der Waals surface area contributed by atoms with Crippen LogP contribution >= 0.6 is 11.3 Å². The normalized spacial score (nSPS) is 21.6. The molecule has 1 aliphatic heterocycles. The van der Waals surface area contributed by atoms with Crippen molar-refractivity contribution in [3.63, 3.8) is 0 Å². The van der Waals surface area contributed by atoms with Gasteiger partial charge in [-0.3, -0.25) is 14.4 Å². The second-order valence-corrected chi connectivity index (χ2v) is 10.4. The van der Waals surface area contributed by atoms with Crippen LogP contribution in [0.4, 0.5) is 0 Å². The smallest absolute Gasteiger partial charge is 0.252 e. The van der Waals surface area contributed by atoms with Crippen molar-refractivity contribution in [3.05, 3.63) is 74.7 Å². The van der Waals surface area contributed by atoms with E-state index in [0.717, 1.165) is 44.7 Å². The molecule has 2 aliphatic rings. The molecule has 1 aromatic carbocycles. The van der Waals surface area contributed by atoms with Crippen LogP contribution in [0.25, 0.3) is 0 Å². The van der Waals surface area contributed by atoms with Crippen molar-refractivity contribution in [2.24, 2.45) is 0 Å². The van der Waals surface area contributed by atoms with E-state index >= 15 is 0 Å². The molecule has 5 rings (SSSR count). The Morgan fingerprint density at radius 3 is 2.65 bits per heavy atom. The third-order valence-electron chi connectivity index (χ3n) is 7.96. The number of carbonyl (C=O) groups is 1. The highest BCUT2D eigenvalue weighted by Crippen LogP contribution is 2.52. The molecule has 0 bridgehead atoms. The minimum Gasteiger partial charge on any atom is -0.378 e. The second-order valence-electron chi connectivity index (χ2n) is 9.60. The molecule has 2 aromatic heterocycles. The van der Waals surface area contributed by atoms with Crippen molar-refractivity contribution in [1.82, 2.24) is 20.0 Å². The Morgan fingerprint density at radius 2 is 2.00 bits per heavy atom. The first-order valence-corrected chi connectivity index (χ1v) is 13.1. The summed E-state index contributed by atoms with van der Waals surface area (Å²) in [5.41, 5.74) is 6.92. The molecule has 7 heteroatoms. The number of hydrogen-bond acceptors (Lipinski definition) is 5. The van der Waals surface area contributed by atoms with Crippen molar-refractivity contribution >= 4 is 17.2 Å². The number of methoxy groups -OCH3 is 1. The zero-order chi connectivity index (χ0) is 23.9. The lowest BCUT2D eigenvalue weighted by Gasteiger charge is -2.44. The van der Waals surface area contributed by atoms with Gasteiger partial charge in [0.25, 0.3) is 5.91 Å². The molecule has 3 aromatic rings. The van der Waals surface area contributed by atoms with E-state index < -0.39 is 0 Å². The summed E-state index contributed by atoms with van der Waals surface area (Å²) < 4.78 is 8.29. The molecular formula is C27H34N4O2S. The average Bonchev–Trinajstić information content (AvgIpc) is 3.54. The molecule has 0 saturated carbocycles. The van der Waals surface area contributed by atoms with E-state index in [1.807, 2.05) is 16.8 Å². The zero-order valence-corrected chi connectivity index (χ0v) is 21.3. The van der Waals surface area contributed by atoms with Gasteiger partial charge in [0.1, 0.15) is 0 Å². The highest BCUT2D eigenvalue weighted by Gasteiger charge is 2.54. The number of nitrogens with one attached hydrogen (secondary N) is 1. The monoisotopic (exact) mass is 478 g/mol. The van der Waals surface area contributed by atoms with Crippen LogP contribution in [0.2, 0.25) is 0 Å². The molecule has 3 heterocycles. The predicted octanol–water partition coefficient (Wildman–Crippen LogP) is 4.61. The van der Waals surface area contributed by atoms with Crippen LogP contribution in [0, 0.1) is 13.8 Å². The van der Waals surface area contributed by atoms with Crippen LogP contribution in [-0.2, 0) is 23.2 Å². The predicted molar refractivity (Wildman–Crippen MR) is 135 cm³/mol. The van der Waals surface area contributed by atoms with E-state index in [9.17, 15) is 4.79 Å². The maximum absolute atomic E-state index is 13.0. The van der Waals surface area contributed by atoms with E-state index in [4.69, 9.17) is 9.84 Å². The van der Waals surface area contributed by atoms with E-state index in [2.05, 4.69) is 59.9 Å². The van der Waals surface area contributed by atoms with Gasteiger partial charge in [0.2, 0.25) is 0 Å². The number of rotatable bonds is 6. The van der Waals surface area contributed by atoms with E-state index in [-0.39, 0.29) is 23.5 Å². The fourth-order valence-electron chi connectivity index (χ4n) is 6.15. The Bertz CT molecular complexity index is 1160. The summed E-state index contributed by atoms with van der Waals surface area (Å²) in [5.74, 6) is -0.0310. The topological polar surface area (TPSA) is 59.4 Å². The van der Waals surface area contributed by atoms with Gasteiger partial charge in [-0.25, -0.2) is 0 Å². The van der Waals surface area contributed by atoms with Gasteiger partial charge in [-0.15, -0.1) is 0 Å². The molecule has 0 unspecified atom stereocenters. The van der Waals surface area contributed by atoms with Crippen molar-refractivity contribution < 1.29 is 9.53 Å². The summed E-state index contributed by atoms with van der Waals surface area (Å²) in [4.78, 5) is 15.5. The maximum atomic E-state index is 13.0. The fraction of sp³-hybridized carbons (Fsp3) is 0.481. The molecule has 1 N–H and O–H groups in total. The van der Waals surface area contributed by atoms with Gasteiger partial charge in [-0.05, 0) is 69.3 Å². The third kappa shape index (κ3) is 3.80. The summed E-state index contributed by atoms with van der Waals surface area (Å²) in [6.07, 6.45) is 1.93. The number of aromatic nitrogens is 2. The molecule has 34 heavy (non-hydrogen) atoms. The summed E-state index contributed by atoms with van der Waals surface area (Å²) in [5, 5.41) is 11.9. The van der Waals surface area contributed by atoms with Crippen molar-refractivity contribution in [1.29, 1.82) is 0 Å². The molecule has 180 valence electrons. The minimum atomic E-state index is -0.146. The molecule has 6 nitrogen and oxygen atoms in total. The van der Waals surface area contributed by atoms with Crippen molar-refractivity contribution in [2.75, 3.05) is 20.2 Å². The zero-order valence-electron chi connectivity index (χ0n) is 20.5. The lowest BCUT2D eigenvalue weighted by Crippen LogP contribution is -2.50. The maximum Gasteiger partial charge on any atom is 0.252 e. The SMILES string of the molecule is CCn1nc(C)c(CN2CCC3(CC2)c2ccccc2[C@@H](NC(=O)c2ccsc2)[C@@H]3OC)c1C. The molecular weight excluding hydrogens is 444 g/mol. The lowest BCUT2D eigenvalue weighted by molar-refractivity contribution is -0.0122. The van der Waals surface area contributed by atoms with Gasteiger partial charge in [0.15, 0.2) is 0 Å². The van der Waals surface area contributed by atoms with Crippen LogP contribution in [-0.4, -0.2) is 46.9 Å². The quantitative estimate of drug-likeness (QED) is 0.562. The van der Waals surface area contributed by atoms with E-state index in [0.29, 0.717) is 5.56 Å². The standard InChI is InChI=1S/C27H34N4O2S/c1-5-31-19(3)22(18(2)29-31)16-30-13-11-27(12-14-30)23-9-7-6-8-21(23)24(25(27)33-4)28-26(32)20-10-15-34-17-20/h6-10,15,17,24-25H,5,11-14,16H2,1-4H3,(H,28,32)/t24-,25+/m1/s1. The number of carbonyl (C=O) groups excluding carboxylic acids is 1. The number of hydrogen-bond donors (Lipinski definition) is 1. The molecule has 1 fully saturated rings. The van der Waals surface area contributed by atoms with Gasteiger partial charge in [-0.1, -0.05) is 24.3 Å². The van der Waals surface area contributed by atoms with Crippen molar-refractivity contribution in [3.8, 4) is 0 Å². The number of thiophene rings is 1. The highest BCUT2D eigenvalue weighted by atomic mass is 32.1. The first kappa shape index (κ1) is 23.3. The van der Waals surface area contributed by atoms with Gasteiger partial charge in [0, 0.05) is 42.3 Å². The molecule has 1 amide bonds. The first-order valence-electron chi connectivity index (χ1n) is 12.2. The molecule has 0 radical (unpaired) electrons. The summed E-state index contributed by atoms with van der Waals surface area (Å²) in [7, 11) is 1.79. The van der Waals surface area contributed by atoms with Crippen LogP contribution in [0.1, 0.15) is 64.2 Å². The number of aryl methyl sites for hydroxylation is 2. The molecule has 1 aliphatic carbocycles. The molecule has 2 atom stereocenters. The van der Waals surface area contributed by atoms with Crippen LogP contribution in [0.5, 0.6) is 0 Å². The highest BCUT2D eigenvalue weighted by molar-refractivity contribution is 7.08. The number of benzene rings is 1. The Balaban J connectivity index is 1.38. The average molecular weight is 479 g/mol. The Morgan fingerprint density at radius 1 is 1.24 bits per heavy atom. The van der Waals surface area contributed by atoms with Crippen LogP contribution in [0.3, 0.4) is 0 Å². The van der Waals surface area contributed by atoms with Gasteiger partial charge < -0.3 is 10.1 Å². The minimum absolute atomic E-state index is 0.0310. The lowest BCUT2D eigenvalue weighted by atomic mass is 9.71. The molecule has 1 spiro atoms. The Kier molecular flexibility index (Phi) is 6.35. The van der Waals surface area contributed by atoms with Gasteiger partial charge in [-0.2, -0.15) is 16.4 Å². The van der Waals surface area contributed by atoms with E-state index in [1.165, 1.54) is 22.4 Å². The van der Waals surface area contributed by atoms with Gasteiger partial charge in [0.05, 0.1) is 23.4 Å². The van der Waals surface area contributed by atoms with Crippen LogP contribution in [0.15, 0.2) is 41.1 Å². The molecule has 1 saturated heterocycles. The van der Waals surface area contributed by atoms with E-state index in [1.54, 1.807) is 18.4 Å². The van der Waals surface area contributed by atoms with Crippen molar-refractivity contribution in [2.45, 2.75) is 64.3 Å². The number of piperidine rings is 1. The largest absolute Gasteiger partial charge is 0.378 e. The Hall–Kier alpha value is -2.48. The van der Waals surface area contributed by atoms with Gasteiger partial charge >= 0.3 is 0 Å². The number of ether oxygens (including phenoxy) is 1.